The predicted octanol–water partition coefficient (Wildman–Crippen LogP) is 2.78. The summed E-state index contributed by atoms with van der Waals surface area (Å²) in [6, 6.07) is 4.17. The third kappa shape index (κ3) is 0.990. The highest BCUT2D eigenvalue weighted by Crippen LogP contribution is 2.47. The fraction of sp³-hybridized carbons (Fsp3) is 0.231. The molecule has 0 atom stereocenters. The van der Waals surface area contributed by atoms with Crippen LogP contribution in [0.5, 0.6) is 0 Å². The lowest BCUT2D eigenvalue weighted by Gasteiger charge is -2.19. The Morgan fingerprint density at radius 1 is 0.867 bits per heavy atom. The van der Waals surface area contributed by atoms with Gasteiger partial charge in [-0.15, -0.1) is 0 Å². The molecule has 2 aromatic rings. The molecule has 0 N–H and O–H groups in total. The third-order valence-corrected chi connectivity index (χ3v) is 3.28. The summed E-state index contributed by atoms with van der Waals surface area (Å²) in [6.07, 6.45) is 7.64. The topological polar surface area (TPSA) is 25.8 Å². The van der Waals surface area contributed by atoms with E-state index in [2.05, 4.69) is 35.9 Å². The van der Waals surface area contributed by atoms with Gasteiger partial charge in [0.2, 0.25) is 0 Å². The molecule has 0 unspecified atom stereocenters. The highest BCUT2D eigenvalue weighted by Gasteiger charge is 2.35. The number of aromatic nitrogens is 2. The van der Waals surface area contributed by atoms with Crippen LogP contribution in [-0.4, -0.2) is 9.97 Å². The van der Waals surface area contributed by atoms with Crippen LogP contribution in [0, 0.1) is 0 Å². The van der Waals surface area contributed by atoms with Gasteiger partial charge in [-0.25, -0.2) is 0 Å². The Kier molecular flexibility index (Phi) is 1.52. The van der Waals surface area contributed by atoms with Gasteiger partial charge in [0.25, 0.3) is 0 Å². The van der Waals surface area contributed by atoms with Crippen molar-refractivity contribution in [2.45, 2.75) is 19.3 Å². The molecule has 3 rings (SSSR count). The van der Waals surface area contributed by atoms with Gasteiger partial charge >= 0.3 is 0 Å². The molecule has 15 heavy (non-hydrogen) atoms. The fourth-order valence-corrected chi connectivity index (χ4v) is 2.40. The summed E-state index contributed by atoms with van der Waals surface area (Å²) in [4.78, 5) is 8.43. The molecule has 2 nitrogen and oxygen atoms in total. The van der Waals surface area contributed by atoms with E-state index in [1.54, 1.807) is 0 Å². The first-order valence-corrected chi connectivity index (χ1v) is 5.10. The molecule has 0 fully saturated rings. The van der Waals surface area contributed by atoms with E-state index >= 15 is 0 Å². The zero-order valence-electron chi connectivity index (χ0n) is 8.86. The maximum atomic E-state index is 4.21. The van der Waals surface area contributed by atoms with Gasteiger partial charge in [0.1, 0.15) is 0 Å². The second-order valence-corrected chi connectivity index (χ2v) is 4.47. The molecule has 0 aliphatic heterocycles. The van der Waals surface area contributed by atoms with Crippen molar-refractivity contribution < 1.29 is 0 Å². The minimum Gasteiger partial charge on any atom is -0.264 e. The van der Waals surface area contributed by atoms with Gasteiger partial charge in [-0.3, -0.25) is 9.97 Å². The number of hydrogen-bond acceptors (Lipinski definition) is 2. The SMILES string of the molecule is CC1(C)c2cnccc2-c2ccncc21. The molecule has 0 bridgehead atoms. The number of hydrogen-bond donors (Lipinski definition) is 0. The van der Waals surface area contributed by atoms with Crippen molar-refractivity contribution in [2.75, 3.05) is 0 Å². The normalized spacial score (nSPS) is 15.9. The second kappa shape index (κ2) is 2.66. The molecule has 0 aromatic carbocycles. The predicted molar refractivity (Wildman–Crippen MR) is 59.6 cm³/mol. The molecule has 0 saturated carbocycles. The first-order valence-electron chi connectivity index (χ1n) is 5.10. The summed E-state index contributed by atoms with van der Waals surface area (Å²) in [5, 5.41) is 0. The van der Waals surface area contributed by atoms with E-state index in [1.165, 1.54) is 22.3 Å². The molecular weight excluding hydrogens is 184 g/mol. The van der Waals surface area contributed by atoms with Crippen LogP contribution in [0.1, 0.15) is 25.0 Å². The van der Waals surface area contributed by atoms with Crippen molar-refractivity contribution in [3.05, 3.63) is 48.0 Å². The van der Waals surface area contributed by atoms with E-state index in [-0.39, 0.29) is 5.41 Å². The quantitative estimate of drug-likeness (QED) is 0.647. The summed E-state index contributed by atoms with van der Waals surface area (Å²) < 4.78 is 0. The van der Waals surface area contributed by atoms with Crippen molar-refractivity contribution in [3.63, 3.8) is 0 Å². The van der Waals surface area contributed by atoms with E-state index in [0.29, 0.717) is 0 Å². The van der Waals surface area contributed by atoms with Crippen molar-refractivity contribution in [1.82, 2.24) is 9.97 Å². The molecule has 2 heterocycles. The lowest BCUT2D eigenvalue weighted by Crippen LogP contribution is -2.15. The molecule has 74 valence electrons. The number of rotatable bonds is 0. The standard InChI is InChI=1S/C13H12N2/c1-13(2)11-7-14-5-3-9(11)10-4-6-15-8-12(10)13/h3-8H,1-2H3. The Labute approximate surface area is 89.0 Å². The molecule has 2 aromatic heterocycles. The second-order valence-electron chi connectivity index (χ2n) is 4.47. The lowest BCUT2D eigenvalue weighted by molar-refractivity contribution is 0.654. The van der Waals surface area contributed by atoms with Crippen molar-refractivity contribution >= 4 is 0 Å². The maximum absolute atomic E-state index is 4.21. The van der Waals surface area contributed by atoms with Crippen molar-refractivity contribution in [2.24, 2.45) is 0 Å². The number of nitrogens with zero attached hydrogens (tertiary/aromatic N) is 2. The fourth-order valence-electron chi connectivity index (χ4n) is 2.40. The van der Waals surface area contributed by atoms with E-state index in [9.17, 15) is 0 Å². The van der Waals surface area contributed by atoms with Crippen molar-refractivity contribution in [1.29, 1.82) is 0 Å². The van der Waals surface area contributed by atoms with Crippen molar-refractivity contribution in [3.8, 4) is 11.1 Å². The maximum Gasteiger partial charge on any atom is 0.0314 e. The zero-order chi connectivity index (χ0) is 10.5. The van der Waals surface area contributed by atoms with Gasteiger partial charge in [-0.2, -0.15) is 0 Å². The van der Waals surface area contributed by atoms with Crippen LogP contribution >= 0.6 is 0 Å². The van der Waals surface area contributed by atoms with Gasteiger partial charge in [0.15, 0.2) is 0 Å². The van der Waals surface area contributed by atoms with Crippen LogP contribution in [0.2, 0.25) is 0 Å². The molecule has 0 amide bonds. The Morgan fingerprint density at radius 2 is 1.33 bits per heavy atom. The largest absolute Gasteiger partial charge is 0.264 e. The minimum atomic E-state index is 0.0349. The van der Waals surface area contributed by atoms with Gasteiger partial charge < -0.3 is 0 Å². The number of fused-ring (bicyclic) bond motifs is 3. The molecule has 1 aliphatic carbocycles. The van der Waals surface area contributed by atoms with Crippen LogP contribution in [-0.2, 0) is 5.41 Å². The summed E-state index contributed by atoms with van der Waals surface area (Å²) in [7, 11) is 0. The molecule has 0 spiro atoms. The average Bonchev–Trinajstić information content (AvgIpc) is 2.51. The summed E-state index contributed by atoms with van der Waals surface area (Å²) in [5.41, 5.74) is 5.23. The van der Waals surface area contributed by atoms with E-state index in [0.717, 1.165) is 0 Å². The Bertz CT molecular complexity index is 482. The Morgan fingerprint density at radius 3 is 1.80 bits per heavy atom. The third-order valence-electron chi connectivity index (χ3n) is 3.28. The van der Waals surface area contributed by atoms with Crippen LogP contribution in [0.4, 0.5) is 0 Å². The molecule has 0 radical (unpaired) electrons. The van der Waals surface area contributed by atoms with Gasteiger partial charge in [-0.05, 0) is 34.4 Å². The van der Waals surface area contributed by atoms with Crippen LogP contribution in [0.3, 0.4) is 0 Å². The van der Waals surface area contributed by atoms with Gasteiger partial charge in [0, 0.05) is 30.2 Å². The summed E-state index contributed by atoms with van der Waals surface area (Å²) >= 11 is 0. The smallest absolute Gasteiger partial charge is 0.0314 e. The van der Waals surface area contributed by atoms with Crippen LogP contribution in [0.15, 0.2) is 36.9 Å². The highest BCUT2D eigenvalue weighted by atomic mass is 14.7. The summed E-state index contributed by atoms with van der Waals surface area (Å²) in [6.45, 7) is 4.45. The monoisotopic (exact) mass is 196 g/mol. The first kappa shape index (κ1) is 8.60. The highest BCUT2D eigenvalue weighted by molar-refractivity contribution is 5.79. The minimum absolute atomic E-state index is 0.0349. The molecular formula is C13H12N2. The summed E-state index contributed by atoms with van der Waals surface area (Å²) in [5.74, 6) is 0. The van der Waals surface area contributed by atoms with Gasteiger partial charge in [-0.1, -0.05) is 13.8 Å². The van der Waals surface area contributed by atoms with Crippen LogP contribution < -0.4 is 0 Å². The molecule has 2 heteroatoms. The number of pyridine rings is 2. The molecule has 1 aliphatic rings. The lowest BCUT2D eigenvalue weighted by atomic mass is 9.84. The van der Waals surface area contributed by atoms with Gasteiger partial charge in [0.05, 0.1) is 0 Å². The van der Waals surface area contributed by atoms with E-state index < -0.39 is 0 Å². The van der Waals surface area contributed by atoms with Crippen LogP contribution in [0.25, 0.3) is 11.1 Å². The average molecular weight is 196 g/mol. The zero-order valence-corrected chi connectivity index (χ0v) is 8.86. The molecule has 0 saturated heterocycles. The van der Waals surface area contributed by atoms with E-state index in [4.69, 9.17) is 0 Å². The van der Waals surface area contributed by atoms with E-state index in [1.807, 2.05) is 24.8 Å². The Balaban J connectivity index is 2.42. The Hall–Kier alpha value is -1.70. The first-order chi connectivity index (χ1) is 7.21.